The first-order chi connectivity index (χ1) is 10.8. The number of carboxylic acid groups (broad SMARTS) is 1. The molecule has 2 aromatic carbocycles. The minimum atomic E-state index is -0.888. The number of hydrogen-bond acceptors (Lipinski definition) is 3. The number of aromatic hydroxyl groups is 2. The number of para-hydroxylation sites is 1. The van der Waals surface area contributed by atoms with Gasteiger partial charge in [0.25, 0.3) is 0 Å². The highest BCUT2D eigenvalue weighted by Gasteiger charge is 2.30. The van der Waals surface area contributed by atoms with Crippen molar-refractivity contribution in [1.29, 1.82) is 0 Å². The third kappa shape index (κ3) is 4.25. The molecule has 0 radical (unpaired) electrons. The molecule has 23 heavy (non-hydrogen) atoms. The first-order valence-electron chi connectivity index (χ1n) is 7.59. The van der Waals surface area contributed by atoms with Crippen LogP contribution in [0, 0.1) is 5.92 Å². The van der Waals surface area contributed by atoms with Crippen molar-refractivity contribution >= 4 is 5.97 Å². The van der Waals surface area contributed by atoms with Gasteiger partial charge in [-0.05, 0) is 47.6 Å². The van der Waals surface area contributed by atoms with E-state index >= 15 is 0 Å². The average Bonchev–Trinajstić information content (AvgIpc) is 2.48. The lowest BCUT2D eigenvalue weighted by Gasteiger charge is -2.29. The van der Waals surface area contributed by atoms with Crippen LogP contribution >= 0.6 is 0 Å². The second-order valence-corrected chi connectivity index (χ2v) is 6.51. The molecule has 0 aliphatic rings. The Labute approximate surface area is 136 Å². The monoisotopic (exact) mass is 314 g/mol. The van der Waals surface area contributed by atoms with E-state index in [4.69, 9.17) is 0 Å². The molecule has 0 aliphatic heterocycles. The van der Waals surface area contributed by atoms with Crippen molar-refractivity contribution < 1.29 is 20.1 Å². The van der Waals surface area contributed by atoms with Crippen molar-refractivity contribution in [3.8, 4) is 11.5 Å². The topological polar surface area (TPSA) is 77.8 Å². The van der Waals surface area contributed by atoms with Gasteiger partial charge in [-0.15, -0.1) is 0 Å². The van der Waals surface area contributed by atoms with Crippen LogP contribution in [0.2, 0.25) is 0 Å². The number of benzene rings is 2. The molecule has 1 atom stereocenters. The highest BCUT2D eigenvalue weighted by Crippen LogP contribution is 2.34. The zero-order valence-corrected chi connectivity index (χ0v) is 13.4. The average molecular weight is 314 g/mol. The SMILES string of the molecule is CC(C)(CC(Cc1ccccc1O)C(=O)O)c1cccc(O)c1. The number of carboxylic acids is 1. The van der Waals surface area contributed by atoms with Crippen molar-refractivity contribution in [3.63, 3.8) is 0 Å². The molecule has 0 bridgehead atoms. The Morgan fingerprint density at radius 2 is 1.78 bits per heavy atom. The summed E-state index contributed by atoms with van der Waals surface area (Å²) in [5, 5.41) is 29.1. The normalized spacial score (nSPS) is 12.8. The summed E-state index contributed by atoms with van der Waals surface area (Å²) >= 11 is 0. The summed E-state index contributed by atoms with van der Waals surface area (Å²) in [5.41, 5.74) is 1.11. The lowest BCUT2D eigenvalue weighted by molar-refractivity contribution is -0.142. The Balaban J connectivity index is 2.22. The first kappa shape index (κ1) is 16.9. The van der Waals surface area contributed by atoms with E-state index < -0.39 is 17.3 Å². The summed E-state index contributed by atoms with van der Waals surface area (Å²) in [6.07, 6.45) is 0.671. The Hall–Kier alpha value is -2.49. The molecule has 122 valence electrons. The molecular weight excluding hydrogens is 292 g/mol. The highest BCUT2D eigenvalue weighted by atomic mass is 16.4. The van der Waals surface area contributed by atoms with Crippen LogP contribution in [0.15, 0.2) is 48.5 Å². The fourth-order valence-electron chi connectivity index (χ4n) is 2.86. The van der Waals surface area contributed by atoms with Crippen molar-refractivity contribution in [2.45, 2.75) is 32.1 Å². The van der Waals surface area contributed by atoms with Gasteiger partial charge in [-0.3, -0.25) is 4.79 Å². The van der Waals surface area contributed by atoms with E-state index in [0.717, 1.165) is 5.56 Å². The maximum atomic E-state index is 11.7. The fraction of sp³-hybridized carbons (Fsp3) is 0.316. The number of rotatable bonds is 6. The van der Waals surface area contributed by atoms with E-state index in [-0.39, 0.29) is 17.9 Å². The van der Waals surface area contributed by atoms with Crippen molar-refractivity contribution in [3.05, 3.63) is 59.7 Å². The highest BCUT2D eigenvalue weighted by molar-refractivity contribution is 5.71. The van der Waals surface area contributed by atoms with Crippen molar-refractivity contribution in [1.82, 2.24) is 0 Å². The molecule has 0 heterocycles. The van der Waals surface area contributed by atoms with Crippen LogP contribution in [-0.2, 0) is 16.6 Å². The largest absolute Gasteiger partial charge is 0.508 e. The van der Waals surface area contributed by atoms with Crippen LogP contribution in [0.5, 0.6) is 11.5 Å². The van der Waals surface area contributed by atoms with Crippen LogP contribution in [0.25, 0.3) is 0 Å². The van der Waals surface area contributed by atoms with E-state index in [1.54, 1.807) is 42.5 Å². The zero-order chi connectivity index (χ0) is 17.0. The smallest absolute Gasteiger partial charge is 0.306 e. The van der Waals surface area contributed by atoms with Crippen LogP contribution in [0.1, 0.15) is 31.4 Å². The third-order valence-electron chi connectivity index (χ3n) is 4.19. The Morgan fingerprint density at radius 3 is 2.39 bits per heavy atom. The van der Waals surface area contributed by atoms with Gasteiger partial charge < -0.3 is 15.3 Å². The summed E-state index contributed by atoms with van der Waals surface area (Å²) in [6, 6.07) is 13.7. The predicted molar refractivity (Wildman–Crippen MR) is 88.7 cm³/mol. The quantitative estimate of drug-likeness (QED) is 0.759. The molecule has 4 nitrogen and oxygen atoms in total. The molecule has 1 unspecified atom stereocenters. The van der Waals surface area contributed by atoms with Gasteiger partial charge in [0.05, 0.1) is 5.92 Å². The minimum Gasteiger partial charge on any atom is -0.508 e. The predicted octanol–water partition coefficient (Wildman–Crippen LogP) is 3.71. The minimum absolute atomic E-state index is 0.119. The van der Waals surface area contributed by atoms with Crippen LogP contribution < -0.4 is 0 Å². The molecular formula is C19H22O4. The van der Waals surface area contributed by atoms with Crippen LogP contribution in [0.3, 0.4) is 0 Å². The molecule has 2 rings (SSSR count). The number of hydrogen-bond donors (Lipinski definition) is 3. The van der Waals surface area contributed by atoms with Gasteiger partial charge in [-0.2, -0.15) is 0 Å². The van der Waals surface area contributed by atoms with Gasteiger partial charge in [-0.1, -0.05) is 44.2 Å². The van der Waals surface area contributed by atoms with Gasteiger partial charge in [0, 0.05) is 0 Å². The molecule has 2 aromatic rings. The molecule has 0 aromatic heterocycles. The molecule has 0 fully saturated rings. The summed E-state index contributed by atoms with van der Waals surface area (Å²) < 4.78 is 0. The lowest BCUT2D eigenvalue weighted by atomic mass is 9.75. The maximum Gasteiger partial charge on any atom is 0.306 e. The molecule has 3 N–H and O–H groups in total. The fourth-order valence-corrected chi connectivity index (χ4v) is 2.86. The number of aliphatic carboxylic acids is 1. The first-order valence-corrected chi connectivity index (χ1v) is 7.59. The van der Waals surface area contributed by atoms with Crippen molar-refractivity contribution in [2.75, 3.05) is 0 Å². The molecule has 0 saturated carbocycles. The van der Waals surface area contributed by atoms with E-state index in [1.807, 2.05) is 19.9 Å². The maximum absolute atomic E-state index is 11.7. The number of phenols is 2. The Bertz CT molecular complexity index is 691. The summed E-state index contributed by atoms with van der Waals surface area (Å²) in [6.45, 7) is 3.92. The number of carbonyl (C=O) groups is 1. The summed E-state index contributed by atoms with van der Waals surface area (Å²) in [4.78, 5) is 11.7. The Kier molecular flexibility index (Phi) is 4.94. The second kappa shape index (κ2) is 6.73. The summed E-state index contributed by atoms with van der Waals surface area (Å²) in [5.74, 6) is -1.22. The van der Waals surface area contributed by atoms with Gasteiger partial charge >= 0.3 is 5.97 Å². The molecule has 0 amide bonds. The van der Waals surface area contributed by atoms with E-state index in [0.29, 0.717) is 12.0 Å². The molecule has 4 heteroatoms. The van der Waals surface area contributed by atoms with E-state index in [9.17, 15) is 20.1 Å². The molecule has 0 aliphatic carbocycles. The van der Waals surface area contributed by atoms with Gasteiger partial charge in [0.1, 0.15) is 11.5 Å². The van der Waals surface area contributed by atoms with Gasteiger partial charge in [-0.25, -0.2) is 0 Å². The second-order valence-electron chi connectivity index (χ2n) is 6.51. The van der Waals surface area contributed by atoms with Gasteiger partial charge in [0.15, 0.2) is 0 Å². The van der Waals surface area contributed by atoms with Crippen molar-refractivity contribution in [2.24, 2.45) is 5.92 Å². The van der Waals surface area contributed by atoms with Crippen LogP contribution in [-0.4, -0.2) is 21.3 Å². The van der Waals surface area contributed by atoms with E-state index in [1.165, 1.54) is 0 Å². The zero-order valence-electron chi connectivity index (χ0n) is 13.4. The lowest BCUT2D eigenvalue weighted by Crippen LogP contribution is -2.27. The molecule has 0 saturated heterocycles. The molecule has 0 spiro atoms. The summed E-state index contributed by atoms with van der Waals surface area (Å²) in [7, 11) is 0. The number of phenolic OH excluding ortho intramolecular Hbond substituents is 2. The standard InChI is InChI=1S/C19H22O4/c1-19(2,15-7-5-8-16(20)11-15)12-14(18(22)23)10-13-6-3-4-9-17(13)21/h3-9,11,14,20-21H,10,12H2,1-2H3,(H,22,23). The van der Waals surface area contributed by atoms with Gasteiger partial charge in [0.2, 0.25) is 0 Å². The Morgan fingerprint density at radius 1 is 1.09 bits per heavy atom. The van der Waals surface area contributed by atoms with E-state index in [2.05, 4.69) is 0 Å². The van der Waals surface area contributed by atoms with Crippen LogP contribution in [0.4, 0.5) is 0 Å². The third-order valence-corrected chi connectivity index (χ3v) is 4.19.